The van der Waals surface area contributed by atoms with Gasteiger partial charge >= 0.3 is 18.4 Å². The molecular formula is C24H28F6N6O3. The summed E-state index contributed by atoms with van der Waals surface area (Å²) in [6.07, 6.45) is -8.17. The highest BCUT2D eigenvalue weighted by atomic mass is 19.4. The van der Waals surface area contributed by atoms with E-state index >= 15 is 0 Å². The second-order valence-electron chi connectivity index (χ2n) is 8.70. The zero-order valence-corrected chi connectivity index (χ0v) is 21.8. The molecule has 3 heterocycles. The van der Waals surface area contributed by atoms with Crippen molar-refractivity contribution >= 4 is 11.7 Å². The number of rotatable bonds is 9. The third-order valence-electron chi connectivity index (χ3n) is 6.13. The van der Waals surface area contributed by atoms with Gasteiger partial charge in [0.05, 0.1) is 37.8 Å². The number of aryl methyl sites for hydroxylation is 1. The molecule has 0 saturated carbocycles. The van der Waals surface area contributed by atoms with Gasteiger partial charge < -0.3 is 19.7 Å². The van der Waals surface area contributed by atoms with Crippen molar-refractivity contribution in [1.29, 1.82) is 0 Å². The van der Waals surface area contributed by atoms with Crippen LogP contribution in [0.25, 0.3) is 16.9 Å². The lowest BCUT2D eigenvalue weighted by atomic mass is 10.1. The average molecular weight is 563 g/mol. The van der Waals surface area contributed by atoms with E-state index in [9.17, 15) is 31.1 Å². The Morgan fingerprint density at radius 2 is 1.82 bits per heavy atom. The number of halogens is 6. The van der Waals surface area contributed by atoms with Gasteiger partial charge in [-0.15, -0.1) is 0 Å². The van der Waals surface area contributed by atoms with Crippen LogP contribution in [0.5, 0.6) is 11.6 Å². The van der Waals surface area contributed by atoms with E-state index in [2.05, 4.69) is 15.0 Å². The number of urea groups is 1. The van der Waals surface area contributed by atoms with Crippen molar-refractivity contribution in [2.45, 2.75) is 58.0 Å². The highest BCUT2D eigenvalue weighted by molar-refractivity contribution is 5.75. The fraction of sp³-hybridized carbons (Fsp3) is 0.500. The number of imidazole rings is 1. The maximum atomic E-state index is 13.4. The topological polar surface area (TPSA) is 93.9 Å². The number of ether oxygens (including phenoxy) is 2. The second-order valence-corrected chi connectivity index (χ2v) is 8.70. The van der Waals surface area contributed by atoms with Crippen molar-refractivity contribution in [3.63, 3.8) is 0 Å². The standard InChI is InChI=1S/C24H28F6N6O3/c1-6-35(22(37)34-19(24(28,29)30)7-8-23(25,26)27)14(3)16-9-15(18(38-4)11-31-16)17-12-36-13(2)10-32-20(36)21(33-17)39-5/h9-12,14,19H,6-8H2,1-5H3,(H,34,37)/t14-,19?/m1/s1. The lowest BCUT2D eigenvalue weighted by Crippen LogP contribution is -2.51. The summed E-state index contributed by atoms with van der Waals surface area (Å²) in [5.74, 6) is 0.565. The fourth-order valence-electron chi connectivity index (χ4n) is 4.01. The van der Waals surface area contributed by atoms with Crippen LogP contribution in [0.2, 0.25) is 0 Å². The van der Waals surface area contributed by atoms with Crippen LogP contribution in [0.15, 0.2) is 24.7 Å². The van der Waals surface area contributed by atoms with Gasteiger partial charge in [0.25, 0.3) is 5.88 Å². The predicted molar refractivity (Wildman–Crippen MR) is 129 cm³/mol. The third-order valence-corrected chi connectivity index (χ3v) is 6.13. The average Bonchev–Trinajstić information content (AvgIpc) is 3.25. The quantitative estimate of drug-likeness (QED) is 0.347. The first-order chi connectivity index (χ1) is 18.2. The molecule has 2 atom stereocenters. The molecule has 0 fully saturated rings. The summed E-state index contributed by atoms with van der Waals surface area (Å²) in [6, 6.07) is -3.14. The minimum Gasteiger partial charge on any atom is -0.494 e. The third kappa shape index (κ3) is 6.81. The summed E-state index contributed by atoms with van der Waals surface area (Å²) in [6.45, 7) is 4.85. The Kier molecular flexibility index (Phi) is 8.80. The molecule has 0 spiro atoms. The monoisotopic (exact) mass is 562 g/mol. The van der Waals surface area contributed by atoms with Crippen molar-refractivity contribution in [3.8, 4) is 22.9 Å². The number of aromatic nitrogens is 4. The van der Waals surface area contributed by atoms with Gasteiger partial charge in [0.1, 0.15) is 11.8 Å². The Hall–Kier alpha value is -3.78. The van der Waals surface area contributed by atoms with Crippen LogP contribution in [0.3, 0.4) is 0 Å². The number of pyridine rings is 1. The number of nitrogens with zero attached hydrogens (tertiary/aromatic N) is 5. The first-order valence-corrected chi connectivity index (χ1v) is 11.8. The van der Waals surface area contributed by atoms with Crippen molar-refractivity contribution in [2.75, 3.05) is 20.8 Å². The summed E-state index contributed by atoms with van der Waals surface area (Å²) in [5, 5.41) is 1.71. The SMILES string of the molecule is CCN(C(=O)NC(CCC(F)(F)F)C(F)(F)F)[C@H](C)c1cc(-c2cn3c(C)cnc3c(OC)n2)c(OC)cn1. The van der Waals surface area contributed by atoms with Crippen LogP contribution >= 0.6 is 0 Å². The lowest BCUT2D eigenvalue weighted by Gasteiger charge is -2.31. The molecule has 3 aromatic rings. The molecule has 0 aliphatic heterocycles. The van der Waals surface area contributed by atoms with Gasteiger partial charge in [0, 0.05) is 36.6 Å². The number of amides is 2. The summed E-state index contributed by atoms with van der Waals surface area (Å²) in [5.41, 5.74) is 2.43. The van der Waals surface area contributed by atoms with Crippen LogP contribution in [0.1, 0.15) is 44.1 Å². The molecular weight excluding hydrogens is 534 g/mol. The van der Waals surface area contributed by atoms with Gasteiger partial charge in [-0.05, 0) is 33.3 Å². The molecule has 0 saturated heterocycles. The van der Waals surface area contributed by atoms with Gasteiger partial charge in [-0.3, -0.25) is 9.38 Å². The zero-order valence-electron chi connectivity index (χ0n) is 21.8. The van der Waals surface area contributed by atoms with Crippen molar-refractivity contribution in [1.82, 2.24) is 29.6 Å². The lowest BCUT2D eigenvalue weighted by molar-refractivity contribution is -0.171. The van der Waals surface area contributed by atoms with Gasteiger partial charge in [0.15, 0.2) is 0 Å². The number of hydrogen-bond acceptors (Lipinski definition) is 6. The summed E-state index contributed by atoms with van der Waals surface area (Å²) in [7, 11) is 2.86. The smallest absolute Gasteiger partial charge is 0.408 e. The Labute approximate surface area is 220 Å². The molecule has 214 valence electrons. The number of hydrogen-bond donors (Lipinski definition) is 1. The van der Waals surface area contributed by atoms with Gasteiger partial charge in [-0.2, -0.15) is 26.3 Å². The maximum absolute atomic E-state index is 13.4. The molecule has 0 aliphatic carbocycles. The Morgan fingerprint density at radius 3 is 2.38 bits per heavy atom. The highest BCUT2D eigenvalue weighted by Crippen LogP contribution is 2.34. The maximum Gasteiger partial charge on any atom is 0.408 e. The summed E-state index contributed by atoms with van der Waals surface area (Å²) in [4.78, 5) is 26.9. The number of nitrogens with one attached hydrogen (secondary N) is 1. The summed E-state index contributed by atoms with van der Waals surface area (Å²) >= 11 is 0. The van der Waals surface area contributed by atoms with E-state index in [1.54, 1.807) is 28.2 Å². The Balaban J connectivity index is 1.95. The van der Waals surface area contributed by atoms with Gasteiger partial charge in [0.2, 0.25) is 5.65 Å². The minimum absolute atomic E-state index is 0.0495. The minimum atomic E-state index is -5.07. The van der Waals surface area contributed by atoms with E-state index in [1.807, 2.05) is 6.92 Å². The van der Waals surface area contributed by atoms with E-state index in [0.29, 0.717) is 22.7 Å². The molecule has 0 bridgehead atoms. The van der Waals surface area contributed by atoms with Crippen LogP contribution in [0.4, 0.5) is 31.1 Å². The van der Waals surface area contributed by atoms with Crippen molar-refractivity contribution < 1.29 is 40.6 Å². The van der Waals surface area contributed by atoms with Gasteiger partial charge in [-0.1, -0.05) is 0 Å². The molecule has 39 heavy (non-hydrogen) atoms. The summed E-state index contributed by atoms with van der Waals surface area (Å²) < 4.78 is 90.5. The van der Waals surface area contributed by atoms with E-state index in [0.717, 1.165) is 10.6 Å². The predicted octanol–water partition coefficient (Wildman–Crippen LogP) is 5.48. The van der Waals surface area contributed by atoms with Crippen molar-refractivity contribution in [2.24, 2.45) is 0 Å². The molecule has 9 nitrogen and oxygen atoms in total. The molecule has 15 heteroatoms. The van der Waals surface area contributed by atoms with E-state index in [1.165, 1.54) is 34.3 Å². The van der Waals surface area contributed by atoms with E-state index in [-0.39, 0.29) is 18.1 Å². The molecule has 1 N–H and O–H groups in total. The molecule has 2 amide bonds. The molecule has 0 radical (unpaired) electrons. The van der Waals surface area contributed by atoms with E-state index < -0.39 is 43.3 Å². The first-order valence-electron chi connectivity index (χ1n) is 11.8. The second kappa shape index (κ2) is 11.5. The largest absolute Gasteiger partial charge is 0.494 e. The number of methoxy groups -OCH3 is 2. The molecule has 0 aliphatic rings. The highest BCUT2D eigenvalue weighted by Gasteiger charge is 2.43. The number of carbonyl (C=O) groups excluding carboxylic acids is 1. The van der Waals surface area contributed by atoms with Crippen molar-refractivity contribution in [3.05, 3.63) is 36.0 Å². The Bertz CT molecular complexity index is 1310. The Morgan fingerprint density at radius 1 is 1.13 bits per heavy atom. The number of fused-ring (bicyclic) bond motifs is 1. The molecule has 1 unspecified atom stereocenters. The molecule has 3 rings (SSSR count). The van der Waals surface area contributed by atoms with Crippen LogP contribution in [-0.2, 0) is 0 Å². The molecule has 0 aromatic carbocycles. The zero-order chi connectivity index (χ0) is 29.1. The number of carbonyl (C=O) groups is 1. The number of alkyl halides is 6. The van der Waals surface area contributed by atoms with Crippen LogP contribution < -0.4 is 14.8 Å². The normalized spacial score (nSPS) is 13.7. The van der Waals surface area contributed by atoms with Crippen LogP contribution in [0, 0.1) is 6.92 Å². The molecule has 3 aromatic heterocycles. The first kappa shape index (κ1) is 29.8. The van der Waals surface area contributed by atoms with Gasteiger partial charge in [-0.25, -0.2) is 14.8 Å². The fourth-order valence-corrected chi connectivity index (χ4v) is 4.01. The van der Waals surface area contributed by atoms with E-state index in [4.69, 9.17) is 9.47 Å². The van der Waals surface area contributed by atoms with Crippen LogP contribution in [-0.4, -0.2) is 69.4 Å².